The number of imide groups is 1. The monoisotopic (exact) mass is 832 g/mol. The maximum Gasteiger partial charge on any atom is 0.278 e. The number of pyridine rings is 1. The van der Waals surface area contributed by atoms with E-state index in [1.807, 2.05) is 52.0 Å². The summed E-state index contributed by atoms with van der Waals surface area (Å²) in [4.78, 5) is 66.1. The molecule has 4 saturated heterocycles. The van der Waals surface area contributed by atoms with Crippen LogP contribution in [0.2, 0.25) is 5.02 Å². The van der Waals surface area contributed by atoms with Crippen molar-refractivity contribution in [2.75, 3.05) is 55.6 Å². The van der Waals surface area contributed by atoms with Gasteiger partial charge in [-0.05, 0) is 67.1 Å². The number of halogens is 1. The van der Waals surface area contributed by atoms with Crippen molar-refractivity contribution in [3.63, 3.8) is 0 Å². The molecule has 16 heteroatoms. The molecule has 4 aliphatic heterocycles. The lowest BCUT2D eigenvalue weighted by Crippen LogP contribution is -2.77. The van der Waals surface area contributed by atoms with Gasteiger partial charge in [0.2, 0.25) is 11.8 Å². The molecule has 9 rings (SSSR count). The van der Waals surface area contributed by atoms with Gasteiger partial charge in [0.25, 0.3) is 11.5 Å². The molecular weight excluding hydrogens is 784 g/mol. The average Bonchev–Trinajstić information content (AvgIpc) is 3.19. The quantitative estimate of drug-likeness (QED) is 0.235. The lowest BCUT2D eigenvalue weighted by molar-refractivity contribution is -0.216. The molecule has 1 aliphatic carbocycles. The van der Waals surface area contributed by atoms with Crippen molar-refractivity contribution in [1.82, 2.24) is 29.8 Å². The standard InChI is InChI=1S/C44H49ClN10O5/c1-42(2)40(43(3,4)41(42)60-30-8-5-27(19-46)32(45)18-30)54-36(56)12-10-34(39(54)59)55-38(58)31-9-7-29(17-33(31)49-50-55)53-22-26(23-53)21-51-24-44(25-51)13-15-52(16-14-44)35-11-6-28(20-48-35)37(47)57/h5-9,11,17-18,20,26,34,40-41H,10,12-16,21-25H2,1-4H3,(H2,47,57). The molecule has 5 fully saturated rings. The molecule has 15 nitrogen and oxygen atoms in total. The van der Waals surface area contributed by atoms with E-state index >= 15 is 0 Å². The minimum Gasteiger partial charge on any atom is -0.489 e. The molecule has 1 saturated carbocycles. The summed E-state index contributed by atoms with van der Waals surface area (Å²) in [5.74, 6) is 0.707. The first-order valence-electron chi connectivity index (χ1n) is 20.7. The van der Waals surface area contributed by atoms with Gasteiger partial charge in [0.1, 0.15) is 35.3 Å². The van der Waals surface area contributed by atoms with E-state index in [0.29, 0.717) is 39.1 Å². The Morgan fingerprint density at radius 3 is 2.37 bits per heavy atom. The number of hydrogen-bond acceptors (Lipinski definition) is 12. The predicted molar refractivity (Wildman–Crippen MR) is 225 cm³/mol. The summed E-state index contributed by atoms with van der Waals surface area (Å²) in [6, 6.07) is 14.7. The van der Waals surface area contributed by atoms with Gasteiger partial charge in [-0.1, -0.05) is 44.5 Å². The Kier molecular flexibility index (Phi) is 9.66. The first kappa shape index (κ1) is 39.8. The molecule has 3 amide bonds. The van der Waals surface area contributed by atoms with E-state index in [4.69, 9.17) is 22.1 Å². The van der Waals surface area contributed by atoms with Crippen LogP contribution in [0.25, 0.3) is 10.9 Å². The maximum atomic E-state index is 14.3. The van der Waals surface area contributed by atoms with Crippen LogP contribution in [-0.4, -0.2) is 105 Å². The normalized spacial score (nSPS) is 24.7. The number of amides is 3. The van der Waals surface area contributed by atoms with E-state index in [1.165, 1.54) is 4.90 Å². The average molecular weight is 833 g/mol. The van der Waals surface area contributed by atoms with Crippen molar-refractivity contribution in [3.8, 4) is 11.8 Å². The lowest BCUT2D eigenvalue weighted by Gasteiger charge is -2.65. The molecule has 1 atom stereocenters. The Labute approximate surface area is 353 Å². The Bertz CT molecular complexity index is 2480. The molecular formula is C44H49ClN10O5. The highest BCUT2D eigenvalue weighted by Crippen LogP contribution is 2.59. The zero-order valence-corrected chi connectivity index (χ0v) is 35.1. The van der Waals surface area contributed by atoms with Crippen LogP contribution in [-0.2, 0) is 9.59 Å². The summed E-state index contributed by atoms with van der Waals surface area (Å²) in [5, 5.41) is 18.6. The fourth-order valence-electron chi connectivity index (χ4n) is 11.1. The molecule has 1 spiro atoms. The number of nitrogens with two attached hydrogens (primary N) is 1. The first-order valence-corrected chi connectivity index (χ1v) is 21.1. The van der Waals surface area contributed by atoms with Crippen LogP contribution in [0, 0.1) is 33.5 Å². The number of anilines is 2. The van der Waals surface area contributed by atoms with Crippen molar-refractivity contribution in [3.05, 3.63) is 81.2 Å². The Morgan fingerprint density at radius 2 is 1.72 bits per heavy atom. The van der Waals surface area contributed by atoms with Gasteiger partial charge < -0.3 is 25.2 Å². The van der Waals surface area contributed by atoms with E-state index in [9.17, 15) is 24.4 Å². The predicted octanol–water partition coefficient (Wildman–Crippen LogP) is 4.42. The number of ether oxygens (including phenoxy) is 1. The van der Waals surface area contributed by atoms with Gasteiger partial charge >= 0.3 is 0 Å². The zero-order valence-electron chi connectivity index (χ0n) is 34.3. The number of fused-ring (bicyclic) bond motifs is 1. The molecule has 6 heterocycles. The van der Waals surface area contributed by atoms with Crippen molar-refractivity contribution < 1.29 is 19.1 Å². The number of primary amides is 1. The van der Waals surface area contributed by atoms with E-state index in [-0.39, 0.29) is 23.8 Å². The second-order valence-corrected chi connectivity index (χ2v) is 19.1. The summed E-state index contributed by atoms with van der Waals surface area (Å²) in [5.41, 5.74) is 6.22. The fourth-order valence-corrected chi connectivity index (χ4v) is 11.4. The molecule has 60 heavy (non-hydrogen) atoms. The summed E-state index contributed by atoms with van der Waals surface area (Å²) in [6.45, 7) is 14.9. The van der Waals surface area contributed by atoms with Crippen LogP contribution in [0.15, 0.2) is 59.5 Å². The third-order valence-corrected chi connectivity index (χ3v) is 14.2. The minimum absolute atomic E-state index is 0.0848. The lowest BCUT2D eigenvalue weighted by atomic mass is 9.48. The number of likely N-dealkylation sites (tertiary alicyclic amines) is 2. The number of benzene rings is 2. The summed E-state index contributed by atoms with van der Waals surface area (Å²) >= 11 is 6.28. The van der Waals surface area contributed by atoms with Gasteiger partial charge in [-0.25, -0.2) is 4.98 Å². The highest BCUT2D eigenvalue weighted by Gasteiger charge is 2.68. The van der Waals surface area contributed by atoms with E-state index in [0.717, 1.165) is 74.8 Å². The highest BCUT2D eigenvalue weighted by molar-refractivity contribution is 6.31. The number of carbonyl (C=O) groups excluding carboxylic acids is 3. The summed E-state index contributed by atoms with van der Waals surface area (Å²) < 4.78 is 7.56. The van der Waals surface area contributed by atoms with Crippen LogP contribution in [0.4, 0.5) is 11.5 Å². The summed E-state index contributed by atoms with van der Waals surface area (Å²) in [6.07, 6.45) is 3.64. The van der Waals surface area contributed by atoms with Crippen molar-refractivity contribution in [1.29, 1.82) is 5.26 Å². The highest BCUT2D eigenvalue weighted by atomic mass is 35.5. The molecule has 4 aromatic rings. The number of hydrogen-bond donors (Lipinski definition) is 1. The van der Waals surface area contributed by atoms with Gasteiger partial charge in [0.05, 0.1) is 27.6 Å². The van der Waals surface area contributed by atoms with Gasteiger partial charge in [-0.3, -0.25) is 24.1 Å². The molecule has 2 aromatic heterocycles. The third kappa shape index (κ3) is 6.64. The number of carbonyl (C=O) groups is 3. The Balaban J connectivity index is 0.805. The van der Waals surface area contributed by atoms with Crippen LogP contribution in [0.5, 0.6) is 5.75 Å². The van der Waals surface area contributed by atoms with Gasteiger partial charge in [0, 0.05) is 86.9 Å². The third-order valence-electron chi connectivity index (χ3n) is 13.9. The molecule has 1 unspecified atom stereocenters. The van der Waals surface area contributed by atoms with E-state index in [1.54, 1.807) is 36.5 Å². The van der Waals surface area contributed by atoms with Crippen molar-refractivity contribution in [2.45, 2.75) is 71.6 Å². The molecule has 0 bridgehead atoms. The van der Waals surface area contributed by atoms with Crippen molar-refractivity contribution >= 4 is 51.7 Å². The van der Waals surface area contributed by atoms with E-state index in [2.05, 4.69) is 30.0 Å². The molecule has 2 N–H and O–H groups in total. The van der Waals surface area contributed by atoms with Crippen LogP contribution >= 0.6 is 11.6 Å². The topological polar surface area (TPSA) is 184 Å². The Hall–Kier alpha value is -5.59. The zero-order chi connectivity index (χ0) is 42.3. The SMILES string of the molecule is CC1(C)C(Oc2ccc(C#N)c(Cl)c2)C(C)(C)C1N1C(=O)CCC(n2nnc3cc(N4CC(CN5CC6(CCN(c7ccc(C(N)=O)cn7)CC6)C5)C4)ccc3c2=O)C1=O. The number of nitrogens with zero attached hydrogens (tertiary/aromatic N) is 9. The minimum atomic E-state index is -0.973. The number of aromatic nitrogens is 4. The largest absolute Gasteiger partial charge is 0.489 e. The first-order chi connectivity index (χ1) is 28.6. The van der Waals surface area contributed by atoms with Gasteiger partial charge in [-0.15, -0.1) is 5.10 Å². The second-order valence-electron chi connectivity index (χ2n) is 18.7. The Morgan fingerprint density at radius 1 is 0.983 bits per heavy atom. The van der Waals surface area contributed by atoms with Crippen molar-refractivity contribution in [2.24, 2.45) is 27.9 Å². The van der Waals surface area contributed by atoms with Gasteiger partial charge in [-0.2, -0.15) is 9.94 Å². The smallest absolute Gasteiger partial charge is 0.278 e. The molecule has 5 aliphatic rings. The van der Waals surface area contributed by atoms with Gasteiger partial charge in [0.15, 0.2) is 0 Å². The molecule has 312 valence electrons. The second kappa shape index (κ2) is 14.6. The number of rotatable bonds is 9. The summed E-state index contributed by atoms with van der Waals surface area (Å²) in [7, 11) is 0. The fraction of sp³-hybridized carbons (Fsp3) is 0.500. The number of piperidine rings is 2. The maximum absolute atomic E-state index is 14.3. The molecule has 2 aromatic carbocycles. The van der Waals surface area contributed by atoms with Crippen LogP contribution in [0.3, 0.4) is 0 Å². The van der Waals surface area contributed by atoms with Crippen LogP contribution < -0.4 is 25.8 Å². The van der Waals surface area contributed by atoms with Crippen LogP contribution in [0.1, 0.15) is 75.3 Å². The van der Waals surface area contributed by atoms with E-state index < -0.39 is 46.4 Å². The molecule has 0 radical (unpaired) electrons. The number of nitriles is 1.